The van der Waals surface area contributed by atoms with Crippen LogP contribution in [0.1, 0.15) is 18.6 Å². The van der Waals surface area contributed by atoms with Gasteiger partial charge in [0.1, 0.15) is 11.6 Å². The van der Waals surface area contributed by atoms with E-state index in [1.807, 2.05) is 37.6 Å². The molecule has 0 bridgehead atoms. The third kappa shape index (κ3) is 2.05. The minimum Gasteiger partial charge on any atom is -0.493 e. The monoisotopic (exact) mass is 270 g/mol. The maximum atomic E-state index is 5.66. The van der Waals surface area contributed by atoms with Crippen molar-refractivity contribution in [3.63, 3.8) is 0 Å². The number of aryl methyl sites for hydroxylation is 1. The first-order valence-corrected chi connectivity index (χ1v) is 6.76. The van der Waals surface area contributed by atoms with Crippen LogP contribution in [0, 0.1) is 6.92 Å². The van der Waals surface area contributed by atoms with E-state index in [0.29, 0.717) is 13.2 Å². The van der Waals surface area contributed by atoms with Crippen molar-refractivity contribution in [1.82, 2.24) is 19.3 Å². The lowest BCUT2D eigenvalue weighted by Gasteiger charge is -2.07. The first kappa shape index (κ1) is 12.7. The number of nitrogens with zero attached hydrogens (tertiary/aromatic N) is 4. The molecule has 0 aliphatic carbocycles. The lowest BCUT2D eigenvalue weighted by molar-refractivity contribution is 0.344. The van der Waals surface area contributed by atoms with E-state index in [2.05, 4.69) is 33.1 Å². The summed E-state index contributed by atoms with van der Waals surface area (Å²) in [6.07, 6.45) is 2.07. The van der Waals surface area contributed by atoms with Gasteiger partial charge in [-0.1, -0.05) is 6.07 Å². The Balaban J connectivity index is 2.00. The van der Waals surface area contributed by atoms with Gasteiger partial charge in [0.05, 0.1) is 18.7 Å². The zero-order valence-electron chi connectivity index (χ0n) is 12.0. The van der Waals surface area contributed by atoms with E-state index in [9.17, 15) is 0 Å². The second-order valence-corrected chi connectivity index (χ2v) is 4.79. The molecule has 0 unspecified atom stereocenters. The van der Waals surface area contributed by atoms with E-state index in [4.69, 9.17) is 4.74 Å². The molecule has 0 saturated heterocycles. The second-order valence-electron chi connectivity index (χ2n) is 4.79. The number of fused-ring (bicyclic) bond motifs is 1. The Kier molecular flexibility index (Phi) is 3.18. The summed E-state index contributed by atoms with van der Waals surface area (Å²) in [5.74, 6) is 2.80. The molecular weight excluding hydrogens is 252 g/mol. The first-order chi connectivity index (χ1) is 9.70. The maximum absolute atomic E-state index is 5.66. The summed E-state index contributed by atoms with van der Waals surface area (Å²) in [6, 6.07) is 8.21. The minimum atomic E-state index is 0.673. The highest BCUT2D eigenvalue weighted by Crippen LogP contribution is 2.27. The van der Waals surface area contributed by atoms with Crippen LogP contribution in [0.5, 0.6) is 5.75 Å². The van der Waals surface area contributed by atoms with Gasteiger partial charge in [-0.15, -0.1) is 10.2 Å². The minimum absolute atomic E-state index is 0.673. The molecule has 0 saturated carbocycles. The molecule has 0 fully saturated rings. The third-order valence-corrected chi connectivity index (χ3v) is 3.57. The van der Waals surface area contributed by atoms with Crippen LogP contribution in [0.2, 0.25) is 0 Å². The predicted molar refractivity (Wildman–Crippen MR) is 77.9 cm³/mol. The number of aromatic nitrogens is 4. The van der Waals surface area contributed by atoms with Crippen LogP contribution < -0.4 is 4.74 Å². The van der Waals surface area contributed by atoms with Crippen LogP contribution in [-0.2, 0) is 13.6 Å². The number of ether oxygens (including phenoxy) is 1. The molecule has 5 heteroatoms. The second kappa shape index (κ2) is 5.00. The van der Waals surface area contributed by atoms with Gasteiger partial charge in [-0.05, 0) is 32.0 Å². The van der Waals surface area contributed by atoms with E-state index in [1.54, 1.807) is 0 Å². The molecule has 0 aliphatic rings. The molecule has 0 atom stereocenters. The molecule has 0 spiro atoms. The smallest absolute Gasteiger partial charge is 0.152 e. The Morgan fingerprint density at radius 3 is 2.75 bits per heavy atom. The molecule has 2 aromatic heterocycles. The lowest BCUT2D eigenvalue weighted by Crippen LogP contribution is -2.05. The van der Waals surface area contributed by atoms with E-state index in [-0.39, 0.29) is 0 Å². The summed E-state index contributed by atoms with van der Waals surface area (Å²) >= 11 is 0. The summed E-state index contributed by atoms with van der Waals surface area (Å²) in [6.45, 7) is 5.33. The Hall–Kier alpha value is -2.30. The Labute approximate surface area is 117 Å². The van der Waals surface area contributed by atoms with E-state index in [0.717, 1.165) is 28.3 Å². The van der Waals surface area contributed by atoms with Crippen molar-refractivity contribution < 1.29 is 4.74 Å². The van der Waals surface area contributed by atoms with E-state index < -0.39 is 0 Å². The maximum Gasteiger partial charge on any atom is 0.152 e. The summed E-state index contributed by atoms with van der Waals surface area (Å²) in [5.41, 5.74) is 1.15. The quantitative estimate of drug-likeness (QED) is 0.731. The van der Waals surface area contributed by atoms with Gasteiger partial charge < -0.3 is 13.9 Å². The zero-order chi connectivity index (χ0) is 14.1. The number of hydrogen-bond donors (Lipinski definition) is 0. The van der Waals surface area contributed by atoms with Crippen LogP contribution in [0.4, 0.5) is 0 Å². The van der Waals surface area contributed by atoms with Crippen molar-refractivity contribution in [2.24, 2.45) is 7.05 Å². The molecule has 3 aromatic rings. The summed E-state index contributed by atoms with van der Waals surface area (Å²) in [7, 11) is 1.99. The average Bonchev–Trinajstić information content (AvgIpc) is 2.99. The average molecular weight is 270 g/mol. The number of hydrogen-bond acceptors (Lipinski definition) is 3. The van der Waals surface area contributed by atoms with Gasteiger partial charge in [-0.25, -0.2) is 0 Å². The highest BCUT2D eigenvalue weighted by Gasteiger charge is 2.10. The highest BCUT2D eigenvalue weighted by atomic mass is 16.5. The lowest BCUT2D eigenvalue weighted by atomic mass is 10.2. The van der Waals surface area contributed by atoms with Crippen molar-refractivity contribution in [3.8, 4) is 5.75 Å². The van der Waals surface area contributed by atoms with Gasteiger partial charge in [-0.2, -0.15) is 0 Å². The normalized spacial score (nSPS) is 11.2. The molecule has 104 valence electrons. The highest BCUT2D eigenvalue weighted by molar-refractivity contribution is 5.86. The number of benzene rings is 1. The summed E-state index contributed by atoms with van der Waals surface area (Å²) in [5, 5.41) is 9.45. The molecular formula is C15H18N4O. The van der Waals surface area contributed by atoms with Crippen molar-refractivity contribution in [3.05, 3.63) is 42.1 Å². The zero-order valence-corrected chi connectivity index (χ0v) is 12.0. The Bertz CT molecular complexity index is 741. The van der Waals surface area contributed by atoms with Crippen molar-refractivity contribution in [2.45, 2.75) is 20.4 Å². The van der Waals surface area contributed by atoms with Gasteiger partial charge >= 0.3 is 0 Å². The molecule has 5 nitrogen and oxygen atoms in total. The van der Waals surface area contributed by atoms with Gasteiger partial charge in [0.25, 0.3) is 0 Å². The molecule has 3 rings (SSSR count). The van der Waals surface area contributed by atoms with Gasteiger partial charge in [-0.3, -0.25) is 0 Å². The Morgan fingerprint density at radius 2 is 2.05 bits per heavy atom. The number of rotatable bonds is 4. The SMILES string of the molecule is CCOc1cccc2c1ccn2Cc1nnc(C)n1C. The molecule has 0 aliphatic heterocycles. The fourth-order valence-electron chi connectivity index (χ4n) is 2.36. The van der Waals surface area contributed by atoms with E-state index >= 15 is 0 Å². The molecule has 20 heavy (non-hydrogen) atoms. The van der Waals surface area contributed by atoms with Crippen LogP contribution in [-0.4, -0.2) is 25.9 Å². The molecule has 2 heterocycles. The van der Waals surface area contributed by atoms with Gasteiger partial charge in [0, 0.05) is 18.6 Å². The fourth-order valence-corrected chi connectivity index (χ4v) is 2.36. The van der Waals surface area contributed by atoms with Crippen molar-refractivity contribution >= 4 is 10.9 Å². The molecule has 0 amide bonds. The first-order valence-electron chi connectivity index (χ1n) is 6.76. The van der Waals surface area contributed by atoms with Gasteiger partial charge in [0.15, 0.2) is 5.82 Å². The van der Waals surface area contributed by atoms with Crippen LogP contribution in [0.15, 0.2) is 30.5 Å². The molecule has 0 N–H and O–H groups in total. The van der Waals surface area contributed by atoms with Crippen molar-refractivity contribution in [1.29, 1.82) is 0 Å². The van der Waals surface area contributed by atoms with E-state index in [1.165, 1.54) is 0 Å². The largest absolute Gasteiger partial charge is 0.493 e. The molecule has 0 radical (unpaired) electrons. The van der Waals surface area contributed by atoms with Crippen molar-refractivity contribution in [2.75, 3.05) is 6.61 Å². The summed E-state index contributed by atoms with van der Waals surface area (Å²) in [4.78, 5) is 0. The van der Waals surface area contributed by atoms with Crippen LogP contribution >= 0.6 is 0 Å². The fraction of sp³-hybridized carbons (Fsp3) is 0.333. The predicted octanol–water partition coefficient (Wildman–Crippen LogP) is 2.53. The summed E-state index contributed by atoms with van der Waals surface area (Å²) < 4.78 is 9.84. The standard InChI is InChI=1S/C15H18N4O/c1-4-20-14-7-5-6-13-12(14)8-9-19(13)10-15-17-16-11(2)18(15)3/h5-9H,4,10H2,1-3H3. The Morgan fingerprint density at radius 1 is 1.20 bits per heavy atom. The topological polar surface area (TPSA) is 44.9 Å². The molecule has 1 aromatic carbocycles. The van der Waals surface area contributed by atoms with Gasteiger partial charge in [0.2, 0.25) is 0 Å². The van der Waals surface area contributed by atoms with Crippen LogP contribution in [0.3, 0.4) is 0 Å². The van der Waals surface area contributed by atoms with Crippen LogP contribution in [0.25, 0.3) is 10.9 Å². The third-order valence-electron chi connectivity index (χ3n) is 3.57.